The van der Waals surface area contributed by atoms with E-state index in [4.69, 9.17) is 0 Å². The van der Waals surface area contributed by atoms with E-state index >= 15 is 0 Å². The van der Waals surface area contributed by atoms with Gasteiger partial charge in [0.1, 0.15) is 0 Å². The van der Waals surface area contributed by atoms with E-state index in [1.807, 2.05) is 32.9 Å². The summed E-state index contributed by atoms with van der Waals surface area (Å²) in [4.78, 5) is 11.0. The van der Waals surface area contributed by atoms with Crippen molar-refractivity contribution in [1.82, 2.24) is 0 Å². The maximum Gasteiger partial charge on any atom is 0.152 e. The average Bonchev–Trinajstić information content (AvgIpc) is 2.47. The molecule has 1 aliphatic carbocycles. The summed E-state index contributed by atoms with van der Waals surface area (Å²) in [7, 11) is 0. The number of ketones is 1. The van der Waals surface area contributed by atoms with Crippen molar-refractivity contribution in [3.8, 4) is 0 Å². The van der Waals surface area contributed by atoms with Crippen LogP contribution in [0.15, 0.2) is 58.7 Å². The van der Waals surface area contributed by atoms with Gasteiger partial charge in [-0.25, -0.2) is 0 Å². The Hall–Kier alpha value is -1.63. The van der Waals surface area contributed by atoms with E-state index in [-0.39, 0.29) is 11.2 Å². The highest BCUT2D eigenvalue weighted by Gasteiger charge is 2.26. The lowest BCUT2D eigenvalue weighted by Gasteiger charge is -2.32. The molecule has 0 aromatic heterocycles. The van der Waals surface area contributed by atoms with Crippen LogP contribution < -0.4 is 0 Å². The van der Waals surface area contributed by atoms with E-state index < -0.39 is 0 Å². The fourth-order valence-corrected chi connectivity index (χ4v) is 3.00. The molecule has 0 aromatic rings. The lowest BCUT2D eigenvalue weighted by Crippen LogP contribution is -2.19. The van der Waals surface area contributed by atoms with Crippen molar-refractivity contribution >= 4 is 5.78 Å². The molecule has 0 N–H and O–H groups in total. The third-order valence-corrected chi connectivity index (χ3v) is 4.20. The van der Waals surface area contributed by atoms with Gasteiger partial charge in [-0.15, -0.1) is 0 Å². The van der Waals surface area contributed by atoms with E-state index in [1.54, 1.807) is 13.0 Å². The first-order chi connectivity index (χ1) is 11.2. The van der Waals surface area contributed by atoms with Gasteiger partial charge in [0.15, 0.2) is 5.78 Å². The van der Waals surface area contributed by atoms with Gasteiger partial charge < -0.3 is 0 Å². The molecule has 1 rings (SSSR count). The molecular weight excluding hydrogens is 292 g/mol. The number of allylic oxidation sites excluding steroid dienone is 10. The van der Waals surface area contributed by atoms with Gasteiger partial charge in [0.2, 0.25) is 0 Å². The first kappa shape index (κ1) is 22.4. The number of rotatable bonds is 5. The number of hydrogen-bond acceptors (Lipinski definition) is 1. The van der Waals surface area contributed by atoms with E-state index in [1.165, 1.54) is 36.0 Å². The molecule has 0 amide bonds. The van der Waals surface area contributed by atoms with Gasteiger partial charge in [0, 0.05) is 0 Å². The van der Waals surface area contributed by atoms with Crippen LogP contribution in [0.25, 0.3) is 0 Å². The van der Waals surface area contributed by atoms with Crippen LogP contribution >= 0.6 is 0 Å². The van der Waals surface area contributed by atoms with Gasteiger partial charge in [-0.05, 0) is 69.6 Å². The summed E-state index contributed by atoms with van der Waals surface area (Å²) in [6, 6.07) is 0. The van der Waals surface area contributed by atoms with Crippen molar-refractivity contribution in [2.24, 2.45) is 5.41 Å². The molecule has 134 valence electrons. The summed E-state index contributed by atoms with van der Waals surface area (Å²) < 4.78 is 0. The van der Waals surface area contributed by atoms with Gasteiger partial charge in [0.25, 0.3) is 0 Å². The lowest BCUT2D eigenvalue weighted by molar-refractivity contribution is -0.112. The number of carbonyl (C=O) groups is 1. The number of hydrogen-bond donors (Lipinski definition) is 0. The minimum atomic E-state index is 0.0877. The summed E-state index contributed by atoms with van der Waals surface area (Å²) in [5.74, 6) is 0.0877. The topological polar surface area (TPSA) is 17.1 Å². The van der Waals surface area contributed by atoms with Crippen LogP contribution in [0.5, 0.6) is 0 Å². The first-order valence-corrected chi connectivity index (χ1v) is 9.14. The summed E-state index contributed by atoms with van der Waals surface area (Å²) in [6.45, 7) is 16.6. The van der Waals surface area contributed by atoms with Crippen molar-refractivity contribution in [1.29, 1.82) is 0 Å². The minimum absolute atomic E-state index is 0.0877. The maximum atomic E-state index is 11.0. The van der Waals surface area contributed by atoms with Crippen molar-refractivity contribution in [3.05, 3.63) is 58.7 Å². The van der Waals surface area contributed by atoms with Crippen LogP contribution in [0.2, 0.25) is 0 Å². The third-order valence-electron chi connectivity index (χ3n) is 4.20. The predicted octanol–water partition coefficient (Wildman–Crippen LogP) is 7.13. The standard InChI is InChI=1S/C21H30O.C2H6/c1-16(9-7-10-17(2)15-19(4)22)12-13-20-18(3)11-8-14-21(20,5)6;1-2/h7,9-10,12-13,15H,8,11,14H2,1-6H3;1-2H3/b10-7+,13-12+,16-9+,17-15+;. The van der Waals surface area contributed by atoms with Gasteiger partial charge >= 0.3 is 0 Å². The Bertz CT molecular complexity index is 563. The van der Waals surface area contributed by atoms with E-state index in [0.717, 1.165) is 5.57 Å². The smallest absolute Gasteiger partial charge is 0.152 e. The molecule has 1 nitrogen and oxygen atoms in total. The molecule has 0 bridgehead atoms. The molecule has 24 heavy (non-hydrogen) atoms. The van der Waals surface area contributed by atoms with Crippen LogP contribution in [-0.2, 0) is 4.79 Å². The molecule has 1 heteroatoms. The predicted molar refractivity (Wildman–Crippen MR) is 108 cm³/mol. The summed E-state index contributed by atoms with van der Waals surface area (Å²) in [5, 5.41) is 0. The molecule has 0 heterocycles. The minimum Gasteiger partial charge on any atom is -0.295 e. The van der Waals surface area contributed by atoms with Crippen molar-refractivity contribution < 1.29 is 4.79 Å². The van der Waals surface area contributed by atoms with E-state index in [2.05, 4.69) is 45.9 Å². The summed E-state index contributed by atoms with van der Waals surface area (Å²) >= 11 is 0. The Labute approximate surface area is 149 Å². The third kappa shape index (κ3) is 8.29. The highest BCUT2D eigenvalue weighted by atomic mass is 16.1. The largest absolute Gasteiger partial charge is 0.295 e. The Morgan fingerprint density at radius 3 is 2.21 bits per heavy atom. The van der Waals surface area contributed by atoms with Crippen molar-refractivity contribution in [3.63, 3.8) is 0 Å². The Kier molecular flexibility index (Phi) is 10.3. The maximum absolute atomic E-state index is 11.0. The average molecular weight is 329 g/mol. The fraction of sp³-hybridized carbons (Fsp3) is 0.522. The monoisotopic (exact) mass is 328 g/mol. The molecule has 0 fully saturated rings. The van der Waals surface area contributed by atoms with Gasteiger partial charge in [0.05, 0.1) is 0 Å². The zero-order valence-electron chi connectivity index (χ0n) is 17.0. The highest BCUT2D eigenvalue weighted by molar-refractivity contribution is 5.88. The molecule has 0 saturated carbocycles. The second-order valence-corrected chi connectivity index (χ2v) is 7.03. The van der Waals surface area contributed by atoms with Gasteiger partial charge in [-0.1, -0.05) is 69.2 Å². The molecule has 0 saturated heterocycles. The SMILES string of the molecule is CC.CC(=O)/C=C(C)/C=C/C=C(C)/C=C/C1=C(C)CCCC1(C)C. The van der Waals surface area contributed by atoms with Crippen LogP contribution in [0.3, 0.4) is 0 Å². The normalized spacial score (nSPS) is 18.8. The lowest BCUT2D eigenvalue weighted by atomic mass is 9.72. The molecule has 0 aromatic carbocycles. The van der Waals surface area contributed by atoms with E-state index in [0.29, 0.717) is 0 Å². The van der Waals surface area contributed by atoms with Crippen molar-refractivity contribution in [2.75, 3.05) is 0 Å². The highest BCUT2D eigenvalue weighted by Crippen LogP contribution is 2.40. The molecule has 0 aliphatic heterocycles. The second-order valence-electron chi connectivity index (χ2n) is 7.03. The molecular formula is C23H36O. The summed E-state index contributed by atoms with van der Waals surface area (Å²) in [6.07, 6.45) is 16.0. The van der Waals surface area contributed by atoms with E-state index in [9.17, 15) is 4.79 Å². The molecule has 0 radical (unpaired) electrons. The van der Waals surface area contributed by atoms with Crippen LogP contribution in [0.4, 0.5) is 0 Å². The van der Waals surface area contributed by atoms with Crippen LogP contribution in [0.1, 0.15) is 74.7 Å². The van der Waals surface area contributed by atoms with Crippen LogP contribution in [0, 0.1) is 5.41 Å². The molecule has 0 unspecified atom stereocenters. The second kappa shape index (κ2) is 11.0. The summed E-state index contributed by atoms with van der Waals surface area (Å²) in [5.41, 5.74) is 5.50. The van der Waals surface area contributed by atoms with Crippen LogP contribution in [-0.4, -0.2) is 5.78 Å². The number of carbonyl (C=O) groups excluding carboxylic acids is 1. The Morgan fingerprint density at radius 2 is 1.67 bits per heavy atom. The van der Waals surface area contributed by atoms with Gasteiger partial charge in [-0.3, -0.25) is 4.79 Å². The Balaban J connectivity index is 0.00000254. The Morgan fingerprint density at radius 1 is 1.04 bits per heavy atom. The zero-order chi connectivity index (χ0) is 18.8. The zero-order valence-corrected chi connectivity index (χ0v) is 17.0. The fourth-order valence-electron chi connectivity index (χ4n) is 3.00. The van der Waals surface area contributed by atoms with Crippen molar-refractivity contribution in [2.45, 2.75) is 74.7 Å². The molecule has 0 atom stereocenters. The molecule has 0 spiro atoms. The quantitative estimate of drug-likeness (QED) is 0.387. The van der Waals surface area contributed by atoms with Gasteiger partial charge in [-0.2, -0.15) is 0 Å². The molecule has 1 aliphatic rings. The first-order valence-electron chi connectivity index (χ1n) is 9.14.